The maximum atomic E-state index is 13.8. The monoisotopic (exact) mass is 483 g/mol. The zero-order valence-corrected chi connectivity index (χ0v) is 18.5. The molecule has 0 atom stereocenters. The molecular weight excluding hydrogens is 468 g/mol. The molecule has 1 N–H and O–H groups in total. The number of nitrogens with one attached hydrogen (secondary N) is 1. The molecule has 0 radical (unpaired) electrons. The minimum Gasteiger partial charge on any atom is -0.323 e. The van der Waals surface area contributed by atoms with E-state index in [0.29, 0.717) is 21.2 Å². The Hall–Kier alpha value is -3.57. The molecule has 1 amide bonds. The Bertz CT molecular complexity index is 1540. The maximum Gasteiger partial charge on any atom is 0.273 e. The summed E-state index contributed by atoms with van der Waals surface area (Å²) in [5, 5.41) is 13.1. The summed E-state index contributed by atoms with van der Waals surface area (Å²) in [5.41, 5.74) is 1.25. The minimum atomic E-state index is -0.520. The van der Waals surface area contributed by atoms with Crippen molar-refractivity contribution in [3.05, 3.63) is 87.5 Å². The van der Waals surface area contributed by atoms with Crippen LogP contribution in [0.3, 0.4) is 0 Å². The van der Waals surface area contributed by atoms with Gasteiger partial charge in [0.05, 0.1) is 23.5 Å². The van der Waals surface area contributed by atoms with Crippen molar-refractivity contribution >= 4 is 50.7 Å². The van der Waals surface area contributed by atoms with Crippen LogP contribution in [-0.4, -0.2) is 30.8 Å². The molecule has 0 unspecified atom stereocenters. The quantitative estimate of drug-likeness (QED) is 0.367. The Morgan fingerprint density at radius 3 is 2.64 bits per heavy atom. The van der Waals surface area contributed by atoms with Crippen LogP contribution in [0.25, 0.3) is 16.0 Å². The van der Waals surface area contributed by atoms with Gasteiger partial charge in [-0.15, -0.1) is 21.5 Å². The van der Waals surface area contributed by atoms with Crippen molar-refractivity contribution < 1.29 is 13.6 Å². The molecular formula is C22H15F2N5O2S2. The fourth-order valence-electron chi connectivity index (χ4n) is 3.39. The molecule has 0 fully saturated rings. The topological polar surface area (TPSA) is 81.3 Å². The minimum absolute atomic E-state index is 0.0299. The van der Waals surface area contributed by atoms with E-state index in [1.807, 2.05) is 0 Å². The fraction of sp³-hybridized carbons (Fsp3) is 0.0909. The Morgan fingerprint density at radius 2 is 1.85 bits per heavy atom. The molecule has 0 aliphatic heterocycles. The predicted octanol–water partition coefficient (Wildman–Crippen LogP) is 4.16. The SMILES string of the molecule is O=C(CSc1nnc2n(Cc3ccc(F)cc3)c(=O)c3sccc3n12)Nc1ccccc1F. The Balaban J connectivity index is 1.47. The summed E-state index contributed by atoms with van der Waals surface area (Å²) in [6, 6.07) is 13.6. The first-order valence-corrected chi connectivity index (χ1v) is 11.6. The van der Waals surface area contributed by atoms with Crippen molar-refractivity contribution in [2.24, 2.45) is 0 Å². The van der Waals surface area contributed by atoms with E-state index in [0.717, 1.165) is 17.3 Å². The second kappa shape index (κ2) is 8.75. The van der Waals surface area contributed by atoms with Gasteiger partial charge in [-0.3, -0.25) is 18.6 Å². The van der Waals surface area contributed by atoms with Gasteiger partial charge in [-0.05, 0) is 41.3 Å². The molecule has 5 rings (SSSR count). The number of fused-ring (bicyclic) bond motifs is 3. The smallest absolute Gasteiger partial charge is 0.273 e. The average Bonchev–Trinajstić information content (AvgIpc) is 3.45. The molecule has 0 spiro atoms. The summed E-state index contributed by atoms with van der Waals surface area (Å²) >= 11 is 2.42. The molecule has 11 heteroatoms. The normalized spacial score (nSPS) is 11.3. The molecule has 0 saturated heterocycles. The number of thiophene rings is 1. The maximum absolute atomic E-state index is 13.8. The first kappa shape index (κ1) is 21.3. The number of hydrogen-bond donors (Lipinski definition) is 1. The highest BCUT2D eigenvalue weighted by molar-refractivity contribution is 7.99. The molecule has 33 heavy (non-hydrogen) atoms. The Kier molecular flexibility index (Phi) is 5.65. The summed E-state index contributed by atoms with van der Waals surface area (Å²) in [5.74, 6) is -0.999. The second-order valence-electron chi connectivity index (χ2n) is 7.09. The summed E-state index contributed by atoms with van der Waals surface area (Å²) < 4.78 is 30.8. The molecule has 3 heterocycles. The van der Waals surface area contributed by atoms with Crippen LogP contribution in [0, 0.1) is 11.6 Å². The van der Waals surface area contributed by atoms with Crippen LogP contribution in [0.5, 0.6) is 0 Å². The van der Waals surface area contributed by atoms with Gasteiger partial charge in [-0.2, -0.15) is 0 Å². The number of benzene rings is 2. The van der Waals surface area contributed by atoms with Crippen LogP contribution in [0.4, 0.5) is 14.5 Å². The van der Waals surface area contributed by atoms with Gasteiger partial charge in [0.2, 0.25) is 11.7 Å². The predicted molar refractivity (Wildman–Crippen MR) is 124 cm³/mol. The van der Waals surface area contributed by atoms with E-state index in [2.05, 4.69) is 15.5 Å². The number of aromatic nitrogens is 4. The van der Waals surface area contributed by atoms with E-state index < -0.39 is 11.7 Å². The van der Waals surface area contributed by atoms with Gasteiger partial charge in [-0.25, -0.2) is 8.78 Å². The van der Waals surface area contributed by atoms with E-state index in [-0.39, 0.29) is 29.4 Å². The van der Waals surface area contributed by atoms with E-state index in [1.165, 1.54) is 40.2 Å². The summed E-state index contributed by atoms with van der Waals surface area (Å²) in [7, 11) is 0. The van der Waals surface area contributed by atoms with Crippen molar-refractivity contribution in [2.75, 3.05) is 11.1 Å². The number of nitrogens with zero attached hydrogens (tertiary/aromatic N) is 4. The molecule has 0 aliphatic carbocycles. The second-order valence-corrected chi connectivity index (χ2v) is 8.95. The standard InChI is InChI=1S/C22H15F2N5O2S2/c23-14-7-5-13(6-8-14)11-28-20(31)19-17(9-10-32-19)29-21(28)26-27-22(29)33-12-18(30)25-16-4-2-1-3-15(16)24/h1-10H,11-12H2,(H,25,30). The van der Waals surface area contributed by atoms with Crippen LogP contribution >= 0.6 is 23.1 Å². The van der Waals surface area contributed by atoms with E-state index in [4.69, 9.17) is 0 Å². The van der Waals surface area contributed by atoms with Crippen LogP contribution in [0.1, 0.15) is 5.56 Å². The van der Waals surface area contributed by atoms with Crippen molar-refractivity contribution in [3.8, 4) is 0 Å². The van der Waals surface area contributed by atoms with Crippen LogP contribution in [0.15, 0.2) is 69.9 Å². The largest absolute Gasteiger partial charge is 0.323 e. The summed E-state index contributed by atoms with van der Waals surface area (Å²) in [6.07, 6.45) is 0. The van der Waals surface area contributed by atoms with Crippen LogP contribution < -0.4 is 10.9 Å². The lowest BCUT2D eigenvalue weighted by Gasteiger charge is -2.10. The first-order chi connectivity index (χ1) is 16.0. The zero-order valence-electron chi connectivity index (χ0n) is 16.9. The first-order valence-electron chi connectivity index (χ1n) is 9.78. The van der Waals surface area contributed by atoms with Crippen molar-refractivity contribution in [1.29, 1.82) is 0 Å². The van der Waals surface area contributed by atoms with Crippen molar-refractivity contribution in [3.63, 3.8) is 0 Å². The van der Waals surface area contributed by atoms with E-state index in [1.54, 1.807) is 40.1 Å². The molecule has 7 nitrogen and oxygen atoms in total. The molecule has 3 aromatic heterocycles. The third-order valence-corrected chi connectivity index (χ3v) is 6.74. The molecule has 0 aliphatic rings. The molecule has 0 bridgehead atoms. The van der Waals surface area contributed by atoms with Gasteiger partial charge in [-0.1, -0.05) is 36.0 Å². The van der Waals surface area contributed by atoms with Gasteiger partial charge >= 0.3 is 0 Å². The summed E-state index contributed by atoms with van der Waals surface area (Å²) in [6.45, 7) is 0.188. The fourth-order valence-corrected chi connectivity index (χ4v) is 4.95. The number of amides is 1. The summed E-state index contributed by atoms with van der Waals surface area (Å²) in [4.78, 5) is 25.5. The average molecular weight is 484 g/mol. The number of carbonyl (C=O) groups excluding carboxylic acids is 1. The lowest BCUT2D eigenvalue weighted by Crippen LogP contribution is -2.23. The number of anilines is 1. The molecule has 166 valence electrons. The van der Waals surface area contributed by atoms with Crippen LogP contribution in [-0.2, 0) is 11.3 Å². The van der Waals surface area contributed by atoms with E-state index in [9.17, 15) is 18.4 Å². The van der Waals surface area contributed by atoms with E-state index >= 15 is 0 Å². The lowest BCUT2D eigenvalue weighted by atomic mass is 10.2. The van der Waals surface area contributed by atoms with Crippen molar-refractivity contribution in [1.82, 2.24) is 19.2 Å². The number of para-hydroxylation sites is 1. The van der Waals surface area contributed by atoms with Gasteiger partial charge in [0.15, 0.2) is 5.16 Å². The van der Waals surface area contributed by atoms with Gasteiger partial charge in [0.1, 0.15) is 16.3 Å². The molecule has 0 saturated carbocycles. The Morgan fingerprint density at radius 1 is 1.06 bits per heavy atom. The van der Waals surface area contributed by atoms with Crippen molar-refractivity contribution in [2.45, 2.75) is 11.7 Å². The number of hydrogen-bond acceptors (Lipinski definition) is 6. The Labute approximate surface area is 193 Å². The van der Waals surface area contributed by atoms with Crippen LogP contribution in [0.2, 0.25) is 0 Å². The third-order valence-electron chi connectivity index (χ3n) is 4.92. The number of rotatable bonds is 6. The molecule has 2 aromatic carbocycles. The highest BCUT2D eigenvalue weighted by atomic mass is 32.2. The highest BCUT2D eigenvalue weighted by Gasteiger charge is 2.19. The third kappa shape index (κ3) is 4.12. The molecule has 5 aromatic rings. The van der Waals surface area contributed by atoms with Gasteiger partial charge in [0.25, 0.3) is 5.56 Å². The van der Waals surface area contributed by atoms with Gasteiger partial charge in [0, 0.05) is 0 Å². The highest BCUT2D eigenvalue weighted by Crippen LogP contribution is 2.25. The zero-order chi connectivity index (χ0) is 22.9. The number of halogens is 2. The lowest BCUT2D eigenvalue weighted by molar-refractivity contribution is -0.113. The number of thioether (sulfide) groups is 1. The number of carbonyl (C=O) groups is 1. The van der Waals surface area contributed by atoms with Gasteiger partial charge < -0.3 is 5.32 Å².